The van der Waals surface area contributed by atoms with Gasteiger partial charge in [-0.05, 0) is 47.0 Å². The Labute approximate surface area is 393 Å². The Hall–Kier alpha value is -2.94. The Morgan fingerprint density at radius 1 is 0.851 bits per heavy atom. The molecule has 0 unspecified atom stereocenters. The number of hydrogen-bond acceptors (Lipinski definition) is 19. The highest BCUT2D eigenvalue weighted by molar-refractivity contribution is 5.74. The van der Waals surface area contributed by atoms with Gasteiger partial charge in [0.15, 0.2) is 12.1 Å². The smallest absolute Gasteiger partial charge is 0.315 e. The molecule has 16 N–H and O–H groups in total. The van der Waals surface area contributed by atoms with E-state index in [-0.39, 0.29) is 31.6 Å². The number of ether oxygens (including phenoxy) is 4. The summed E-state index contributed by atoms with van der Waals surface area (Å²) in [4.78, 5) is 25.4. The quantitative estimate of drug-likeness (QED) is 0.0310. The maximum atomic E-state index is 12.8. The molecule has 2 fully saturated rings. The standard InChI is InChI=1S/C46H81N3O18/c1-7-8-9-10-11-12-13-14-25(2)41(59)27(4)28(5)65-38(58)20-32(53)18-31(52)15-16-34(55)35(56)19-33(54)21-46(63)22-36(57)40(49-45(62)48-30(23-50)24-51)37(67-46)17-26(3)64-44-43(61)39(47)42(60)29(6)66-44/h7-14,25-37,39-44,50-57,59-61,63H,15-24,47H2,1-6H3,(H2,48,49,62)/b8-7+,10-9+,12-11+,14-13+/t25-,26-,27-,28-,29+,31+,32+,33-,34+,35+,36-,37-,39-,40+,41+,42+,43-,44+,46+/m0/s1. The maximum absolute atomic E-state index is 12.8. The van der Waals surface area contributed by atoms with Crippen LogP contribution in [0.5, 0.6) is 0 Å². The van der Waals surface area contributed by atoms with Crippen molar-refractivity contribution in [3.05, 3.63) is 48.6 Å². The molecule has 0 spiro atoms. The van der Waals surface area contributed by atoms with Crippen molar-refractivity contribution in [3.63, 3.8) is 0 Å². The maximum Gasteiger partial charge on any atom is 0.315 e. The van der Waals surface area contributed by atoms with Gasteiger partial charge < -0.3 is 96.6 Å². The van der Waals surface area contributed by atoms with Crippen LogP contribution in [0.15, 0.2) is 48.6 Å². The van der Waals surface area contributed by atoms with Crippen LogP contribution >= 0.6 is 0 Å². The molecule has 388 valence electrons. The number of nitrogens with two attached hydrogens (primary N) is 1. The van der Waals surface area contributed by atoms with E-state index in [1.165, 1.54) is 6.92 Å². The second-order valence-electron chi connectivity index (χ2n) is 18.2. The average molecular weight is 964 g/mol. The minimum absolute atomic E-state index is 0.110. The van der Waals surface area contributed by atoms with Gasteiger partial charge in [-0.1, -0.05) is 62.5 Å². The van der Waals surface area contributed by atoms with Gasteiger partial charge in [-0.2, -0.15) is 0 Å². The first-order chi connectivity index (χ1) is 31.4. The van der Waals surface area contributed by atoms with E-state index >= 15 is 0 Å². The molecule has 19 atom stereocenters. The van der Waals surface area contributed by atoms with Crippen LogP contribution in [0.4, 0.5) is 4.79 Å². The molecule has 2 rings (SSSR count). The number of amides is 2. The Balaban J connectivity index is 1.93. The molecule has 2 heterocycles. The summed E-state index contributed by atoms with van der Waals surface area (Å²) in [6.07, 6.45) is -4.82. The molecule has 21 heteroatoms. The lowest BCUT2D eigenvalue weighted by molar-refractivity contribution is -0.304. The van der Waals surface area contributed by atoms with Crippen LogP contribution < -0.4 is 16.4 Å². The molecule has 67 heavy (non-hydrogen) atoms. The van der Waals surface area contributed by atoms with E-state index in [9.17, 15) is 70.9 Å². The molecule has 0 aromatic carbocycles. The zero-order valence-corrected chi connectivity index (χ0v) is 39.6. The largest absolute Gasteiger partial charge is 0.462 e. The van der Waals surface area contributed by atoms with Gasteiger partial charge in [-0.25, -0.2) is 4.79 Å². The van der Waals surface area contributed by atoms with Crippen LogP contribution in [0.2, 0.25) is 0 Å². The van der Waals surface area contributed by atoms with Gasteiger partial charge in [0.05, 0.1) is 105 Å². The van der Waals surface area contributed by atoms with Crippen LogP contribution in [-0.2, 0) is 23.7 Å². The van der Waals surface area contributed by atoms with E-state index < -0.39 is 166 Å². The number of allylic oxidation sites excluding steroid dienone is 7. The minimum Gasteiger partial charge on any atom is -0.462 e. The number of esters is 1. The fourth-order valence-corrected chi connectivity index (χ4v) is 7.93. The number of nitrogens with one attached hydrogen (secondary N) is 2. The highest BCUT2D eigenvalue weighted by Gasteiger charge is 2.49. The van der Waals surface area contributed by atoms with Gasteiger partial charge in [0.1, 0.15) is 12.2 Å². The molecule has 2 aliphatic heterocycles. The highest BCUT2D eigenvalue weighted by atomic mass is 16.7. The topological polar surface area (TPSA) is 364 Å². The fraction of sp³-hybridized carbons (Fsp3) is 0.783. The normalized spacial score (nSPS) is 30.8. The third kappa shape index (κ3) is 20.9. The number of aliphatic hydroxyl groups is 12. The van der Waals surface area contributed by atoms with Gasteiger partial charge in [0, 0.05) is 37.5 Å². The van der Waals surface area contributed by atoms with E-state index in [4.69, 9.17) is 24.7 Å². The molecule has 0 aromatic heterocycles. The van der Waals surface area contributed by atoms with Crippen molar-refractivity contribution in [2.45, 2.75) is 202 Å². The molecule has 2 amide bonds. The molecule has 0 bridgehead atoms. The van der Waals surface area contributed by atoms with Crippen molar-refractivity contribution in [3.8, 4) is 0 Å². The number of rotatable bonds is 28. The van der Waals surface area contributed by atoms with Crippen molar-refractivity contribution >= 4 is 12.0 Å². The monoisotopic (exact) mass is 964 g/mol. The second-order valence-corrected chi connectivity index (χ2v) is 18.2. The van der Waals surface area contributed by atoms with Gasteiger partial charge in [0.25, 0.3) is 0 Å². The van der Waals surface area contributed by atoms with Gasteiger partial charge in [0.2, 0.25) is 0 Å². The van der Waals surface area contributed by atoms with Gasteiger partial charge in [-0.15, -0.1) is 0 Å². The summed E-state index contributed by atoms with van der Waals surface area (Å²) >= 11 is 0. The second kappa shape index (κ2) is 29.9. The summed E-state index contributed by atoms with van der Waals surface area (Å²) in [5, 5.41) is 131. The third-order valence-electron chi connectivity index (χ3n) is 12.2. The van der Waals surface area contributed by atoms with Crippen LogP contribution in [0.25, 0.3) is 0 Å². The van der Waals surface area contributed by atoms with Crippen LogP contribution in [0.3, 0.4) is 0 Å². The van der Waals surface area contributed by atoms with Crippen molar-refractivity contribution < 1.29 is 89.8 Å². The zero-order chi connectivity index (χ0) is 50.6. The van der Waals surface area contributed by atoms with E-state index in [2.05, 4.69) is 10.6 Å². The Bertz CT molecular complexity index is 1550. The molecule has 21 nitrogen and oxygen atoms in total. The summed E-state index contributed by atoms with van der Waals surface area (Å²) in [6.45, 7) is 9.03. The Kier molecular flexibility index (Phi) is 26.9. The van der Waals surface area contributed by atoms with Crippen LogP contribution in [0, 0.1) is 11.8 Å². The highest BCUT2D eigenvalue weighted by Crippen LogP contribution is 2.35. The first kappa shape index (κ1) is 60.2. The lowest BCUT2D eigenvalue weighted by Gasteiger charge is -2.46. The van der Waals surface area contributed by atoms with Gasteiger partial charge >= 0.3 is 12.0 Å². The van der Waals surface area contributed by atoms with Gasteiger partial charge in [-0.3, -0.25) is 4.79 Å². The average Bonchev–Trinajstić information content (AvgIpc) is 3.25. The molecule has 0 radical (unpaired) electrons. The summed E-state index contributed by atoms with van der Waals surface area (Å²) < 4.78 is 22.9. The third-order valence-corrected chi connectivity index (χ3v) is 12.2. The number of carbonyl (C=O) groups excluding carboxylic acids is 2. The van der Waals surface area contributed by atoms with Crippen LogP contribution in [0.1, 0.15) is 92.9 Å². The van der Waals surface area contributed by atoms with E-state index in [0.29, 0.717) is 0 Å². The van der Waals surface area contributed by atoms with Crippen molar-refractivity contribution in [1.82, 2.24) is 10.6 Å². The Morgan fingerprint density at radius 3 is 2.10 bits per heavy atom. The molecule has 0 aromatic rings. The zero-order valence-electron chi connectivity index (χ0n) is 39.6. The lowest BCUT2D eigenvalue weighted by atomic mass is 9.87. The Morgan fingerprint density at radius 2 is 1.48 bits per heavy atom. The lowest BCUT2D eigenvalue weighted by Crippen LogP contribution is -2.64. The summed E-state index contributed by atoms with van der Waals surface area (Å²) in [6, 6.07) is -4.27. The van der Waals surface area contributed by atoms with E-state index in [1.54, 1.807) is 20.8 Å². The molecule has 0 saturated carbocycles. The summed E-state index contributed by atoms with van der Waals surface area (Å²) in [5.41, 5.74) is 5.93. The van der Waals surface area contributed by atoms with Crippen molar-refractivity contribution in [2.75, 3.05) is 13.2 Å². The van der Waals surface area contributed by atoms with E-state index in [1.807, 2.05) is 62.5 Å². The summed E-state index contributed by atoms with van der Waals surface area (Å²) in [5.74, 6) is -3.69. The minimum atomic E-state index is -2.26. The number of hydrogen-bond donors (Lipinski definition) is 15. The van der Waals surface area contributed by atoms with Crippen molar-refractivity contribution in [2.24, 2.45) is 17.6 Å². The number of urea groups is 1. The van der Waals surface area contributed by atoms with Crippen molar-refractivity contribution in [1.29, 1.82) is 0 Å². The predicted molar refractivity (Wildman–Crippen MR) is 243 cm³/mol. The van der Waals surface area contributed by atoms with Crippen LogP contribution in [-0.4, -0.2) is 196 Å². The molecular formula is C46H81N3O18. The number of aliphatic hydroxyl groups excluding tert-OH is 11. The first-order valence-electron chi connectivity index (χ1n) is 23.2. The number of carbonyl (C=O) groups is 2. The molecular weight excluding hydrogens is 883 g/mol. The fourth-order valence-electron chi connectivity index (χ4n) is 7.93. The SMILES string of the molecule is C/C=C/C=C/C=C/C=C/[C@H](C)[C@@H](O)[C@@H](C)[C@H](C)OC(=O)C[C@H](O)C[C@H](O)CC[C@@H](O)[C@H](O)C[C@H](O)C[C@]1(O)C[C@H](O)[C@@H](NC(=O)NC(CO)CO)[C@H](C[C@H](C)O[C@@H]2O[C@H](C)[C@@H](O)[C@H](N)[C@@H]2O)O1. The molecule has 2 saturated heterocycles. The summed E-state index contributed by atoms with van der Waals surface area (Å²) in [7, 11) is 0. The molecule has 2 aliphatic rings. The first-order valence-corrected chi connectivity index (χ1v) is 23.2. The molecule has 0 aliphatic carbocycles. The predicted octanol–water partition coefficient (Wildman–Crippen LogP) is -1.61. The van der Waals surface area contributed by atoms with E-state index in [0.717, 1.165) is 0 Å².